The van der Waals surface area contributed by atoms with Crippen molar-refractivity contribution in [2.24, 2.45) is 5.92 Å². The van der Waals surface area contributed by atoms with Gasteiger partial charge in [-0.25, -0.2) is 0 Å². The van der Waals surface area contributed by atoms with Crippen molar-refractivity contribution in [3.05, 3.63) is 52.5 Å². The molecule has 0 radical (unpaired) electrons. The zero-order chi connectivity index (χ0) is 18.4. The number of hydrogen-bond acceptors (Lipinski definition) is 3. The average molecular weight is 406 g/mol. The Hall–Kier alpha value is -2.01. The first-order valence-electron chi connectivity index (χ1n) is 8.35. The van der Waals surface area contributed by atoms with Crippen LogP contribution in [0, 0.1) is 5.92 Å². The first-order valence-corrected chi connectivity index (χ1v) is 9.15. The lowest BCUT2D eigenvalue weighted by Gasteiger charge is -2.12. The van der Waals surface area contributed by atoms with Gasteiger partial charge in [-0.3, -0.25) is 4.79 Å². The number of ether oxygens (including phenoxy) is 2. The van der Waals surface area contributed by atoms with Gasteiger partial charge < -0.3 is 14.8 Å². The van der Waals surface area contributed by atoms with Crippen LogP contribution in [0.5, 0.6) is 11.5 Å². The zero-order valence-corrected chi connectivity index (χ0v) is 16.6. The number of carbonyl (C=O) groups is 1. The molecule has 2 aromatic rings. The molecule has 0 spiro atoms. The Kier molecular flexibility index (Phi) is 6.88. The first-order chi connectivity index (χ1) is 11.8. The van der Waals surface area contributed by atoms with Crippen molar-refractivity contribution in [2.45, 2.75) is 33.8 Å². The van der Waals surface area contributed by atoms with Crippen LogP contribution in [0.25, 0.3) is 0 Å². The molecule has 1 amide bonds. The van der Waals surface area contributed by atoms with Crippen molar-refractivity contribution in [2.75, 3.05) is 11.9 Å². The SMILES string of the molecule is CC(C)COc1ccc(C(=O)Nc2ccc(OC(C)C)cc2)cc1Br. The molecule has 0 unspecified atom stereocenters. The van der Waals surface area contributed by atoms with Gasteiger partial charge in [0.25, 0.3) is 5.91 Å². The maximum absolute atomic E-state index is 12.4. The van der Waals surface area contributed by atoms with E-state index in [9.17, 15) is 4.79 Å². The monoisotopic (exact) mass is 405 g/mol. The van der Waals surface area contributed by atoms with Crippen LogP contribution >= 0.6 is 15.9 Å². The molecule has 2 aromatic carbocycles. The van der Waals surface area contributed by atoms with Crippen molar-refractivity contribution >= 4 is 27.5 Å². The summed E-state index contributed by atoms with van der Waals surface area (Å²) in [6.07, 6.45) is 0.120. The Morgan fingerprint density at radius 2 is 1.76 bits per heavy atom. The fourth-order valence-electron chi connectivity index (χ4n) is 2.11. The van der Waals surface area contributed by atoms with Gasteiger partial charge in [-0.2, -0.15) is 0 Å². The molecule has 4 nitrogen and oxygen atoms in total. The van der Waals surface area contributed by atoms with Gasteiger partial charge in [0.15, 0.2) is 0 Å². The molecular formula is C20H24BrNO3. The van der Waals surface area contributed by atoms with Crippen LogP contribution in [0.15, 0.2) is 46.9 Å². The lowest BCUT2D eigenvalue weighted by molar-refractivity contribution is 0.102. The molecule has 0 aliphatic heterocycles. The van der Waals surface area contributed by atoms with Gasteiger partial charge in [-0.15, -0.1) is 0 Å². The van der Waals surface area contributed by atoms with E-state index < -0.39 is 0 Å². The van der Waals surface area contributed by atoms with Crippen LogP contribution in [0.3, 0.4) is 0 Å². The van der Waals surface area contributed by atoms with Crippen molar-refractivity contribution in [3.63, 3.8) is 0 Å². The summed E-state index contributed by atoms with van der Waals surface area (Å²) in [4.78, 5) is 12.4. The molecule has 0 aliphatic carbocycles. The minimum atomic E-state index is -0.173. The predicted molar refractivity (Wildman–Crippen MR) is 105 cm³/mol. The molecule has 0 aromatic heterocycles. The highest BCUT2D eigenvalue weighted by molar-refractivity contribution is 9.10. The summed E-state index contributed by atoms with van der Waals surface area (Å²) in [7, 11) is 0. The fourth-order valence-corrected chi connectivity index (χ4v) is 2.60. The normalized spacial score (nSPS) is 10.8. The predicted octanol–water partition coefficient (Wildman–Crippen LogP) is 5.52. The maximum Gasteiger partial charge on any atom is 0.255 e. The molecule has 134 valence electrons. The third-order valence-electron chi connectivity index (χ3n) is 3.25. The van der Waals surface area contributed by atoms with E-state index in [1.54, 1.807) is 18.2 Å². The van der Waals surface area contributed by atoms with E-state index in [4.69, 9.17) is 9.47 Å². The smallest absolute Gasteiger partial charge is 0.255 e. The van der Waals surface area contributed by atoms with Gasteiger partial charge in [0.1, 0.15) is 11.5 Å². The van der Waals surface area contributed by atoms with Crippen molar-refractivity contribution in [3.8, 4) is 11.5 Å². The Morgan fingerprint density at radius 1 is 1.08 bits per heavy atom. The van der Waals surface area contributed by atoms with E-state index in [-0.39, 0.29) is 12.0 Å². The number of benzene rings is 2. The van der Waals surface area contributed by atoms with Gasteiger partial charge >= 0.3 is 0 Å². The largest absolute Gasteiger partial charge is 0.492 e. The molecule has 5 heteroatoms. The lowest BCUT2D eigenvalue weighted by Crippen LogP contribution is -2.12. The molecule has 0 bridgehead atoms. The van der Waals surface area contributed by atoms with E-state index in [2.05, 4.69) is 35.1 Å². The summed E-state index contributed by atoms with van der Waals surface area (Å²) in [6.45, 7) is 8.76. The van der Waals surface area contributed by atoms with Crippen LogP contribution in [-0.4, -0.2) is 18.6 Å². The summed E-state index contributed by atoms with van der Waals surface area (Å²) in [6, 6.07) is 12.7. The summed E-state index contributed by atoms with van der Waals surface area (Å²) in [5, 5.41) is 2.88. The molecule has 0 saturated carbocycles. The number of anilines is 1. The number of hydrogen-bond donors (Lipinski definition) is 1. The quantitative estimate of drug-likeness (QED) is 0.658. The highest BCUT2D eigenvalue weighted by Gasteiger charge is 2.10. The molecule has 25 heavy (non-hydrogen) atoms. The number of carbonyl (C=O) groups excluding carboxylic acids is 1. The minimum absolute atomic E-state index is 0.120. The number of nitrogens with one attached hydrogen (secondary N) is 1. The number of amides is 1. The van der Waals surface area contributed by atoms with Gasteiger partial charge in [0, 0.05) is 11.3 Å². The fraction of sp³-hybridized carbons (Fsp3) is 0.350. The second-order valence-corrected chi connectivity index (χ2v) is 7.35. The Bertz CT molecular complexity index is 711. The van der Waals surface area contributed by atoms with Crippen LogP contribution in [0.2, 0.25) is 0 Å². The third kappa shape index (κ3) is 6.09. The van der Waals surface area contributed by atoms with Gasteiger partial charge in [0.05, 0.1) is 17.2 Å². The Morgan fingerprint density at radius 3 is 2.32 bits per heavy atom. The number of halogens is 1. The van der Waals surface area contributed by atoms with Crippen molar-refractivity contribution < 1.29 is 14.3 Å². The summed E-state index contributed by atoms with van der Waals surface area (Å²) in [5.74, 6) is 1.79. The molecule has 0 atom stereocenters. The van der Waals surface area contributed by atoms with Crippen LogP contribution in [0.4, 0.5) is 5.69 Å². The van der Waals surface area contributed by atoms with Crippen LogP contribution in [-0.2, 0) is 0 Å². The van der Waals surface area contributed by atoms with E-state index in [1.807, 2.05) is 38.1 Å². The highest BCUT2D eigenvalue weighted by Crippen LogP contribution is 2.27. The van der Waals surface area contributed by atoms with Crippen molar-refractivity contribution in [1.29, 1.82) is 0 Å². The highest BCUT2D eigenvalue weighted by atomic mass is 79.9. The second kappa shape index (κ2) is 8.90. The lowest BCUT2D eigenvalue weighted by atomic mass is 10.2. The van der Waals surface area contributed by atoms with Crippen molar-refractivity contribution in [1.82, 2.24) is 0 Å². The van der Waals surface area contributed by atoms with Gasteiger partial charge in [0.2, 0.25) is 0 Å². The summed E-state index contributed by atoms with van der Waals surface area (Å²) in [5.41, 5.74) is 1.28. The standard InChI is InChI=1S/C20H24BrNO3/c1-13(2)12-24-19-10-5-15(11-18(19)21)20(23)22-16-6-8-17(9-7-16)25-14(3)4/h5-11,13-14H,12H2,1-4H3,(H,22,23). The Balaban J connectivity index is 2.01. The summed E-state index contributed by atoms with van der Waals surface area (Å²) < 4.78 is 12.1. The molecule has 0 saturated heterocycles. The van der Waals surface area contributed by atoms with E-state index >= 15 is 0 Å². The van der Waals surface area contributed by atoms with Crippen LogP contribution in [0.1, 0.15) is 38.1 Å². The number of rotatable bonds is 7. The molecule has 1 N–H and O–H groups in total. The molecule has 0 heterocycles. The molecule has 2 rings (SSSR count). The molecule has 0 aliphatic rings. The van der Waals surface area contributed by atoms with E-state index in [0.717, 1.165) is 21.7 Å². The molecule has 0 fully saturated rings. The van der Waals surface area contributed by atoms with Gasteiger partial charge in [-0.05, 0) is 78.2 Å². The third-order valence-corrected chi connectivity index (χ3v) is 3.87. The maximum atomic E-state index is 12.4. The zero-order valence-electron chi connectivity index (χ0n) is 15.0. The molecular weight excluding hydrogens is 382 g/mol. The van der Waals surface area contributed by atoms with E-state index in [1.165, 1.54) is 0 Å². The first kappa shape index (κ1) is 19.3. The average Bonchev–Trinajstić information content (AvgIpc) is 2.54. The van der Waals surface area contributed by atoms with E-state index in [0.29, 0.717) is 18.1 Å². The topological polar surface area (TPSA) is 47.6 Å². The Labute approximate surface area is 157 Å². The summed E-state index contributed by atoms with van der Waals surface area (Å²) >= 11 is 3.46. The van der Waals surface area contributed by atoms with Gasteiger partial charge in [-0.1, -0.05) is 13.8 Å². The second-order valence-electron chi connectivity index (χ2n) is 6.50. The van der Waals surface area contributed by atoms with Crippen LogP contribution < -0.4 is 14.8 Å². The minimum Gasteiger partial charge on any atom is -0.492 e.